The number of benzene rings is 3. The minimum absolute atomic E-state index is 0. The van der Waals surface area contributed by atoms with Crippen LogP contribution in [0.25, 0.3) is 5.59 Å². The van der Waals surface area contributed by atoms with Crippen LogP contribution in [0.3, 0.4) is 0 Å². The van der Waals surface area contributed by atoms with Crippen molar-refractivity contribution in [3.05, 3.63) is 121 Å². The number of esters is 3. The van der Waals surface area contributed by atoms with Crippen LogP contribution in [0.2, 0.25) is 0 Å². The Morgan fingerprint density at radius 2 is 0.778 bits per heavy atom. The van der Waals surface area contributed by atoms with E-state index in [4.69, 9.17) is 57.6 Å². The van der Waals surface area contributed by atoms with Gasteiger partial charge in [-0.05, 0) is 198 Å². The largest absolute Gasteiger partial charge is 2.00 e. The van der Waals surface area contributed by atoms with Gasteiger partial charge in [-0.2, -0.15) is 0 Å². The number of aliphatic hydroxyl groups excluding tert-OH is 1. The predicted molar refractivity (Wildman–Crippen MR) is 348 cm³/mol. The van der Waals surface area contributed by atoms with Gasteiger partial charge in [0.15, 0.2) is 0 Å². The zero-order chi connectivity index (χ0) is 63.9. The van der Waals surface area contributed by atoms with E-state index in [1.165, 1.54) is 12.8 Å². The molecule has 0 aromatic heterocycles. The molecule has 506 valence electrons. The average molecular weight is 1400 g/mol. The molecule has 3 aromatic rings. The summed E-state index contributed by atoms with van der Waals surface area (Å²) in [6, 6.07) is 29.1. The Labute approximate surface area is 597 Å². The molecule has 0 amide bonds. The van der Waals surface area contributed by atoms with Gasteiger partial charge in [-0.1, -0.05) is 98.4 Å². The van der Waals surface area contributed by atoms with E-state index in [-0.39, 0.29) is 155 Å². The summed E-state index contributed by atoms with van der Waals surface area (Å²) in [7, 11) is 1.00. The molecule has 90 heavy (non-hydrogen) atoms. The molecule has 0 bridgehead atoms. The molecule has 5 fully saturated rings. The van der Waals surface area contributed by atoms with Gasteiger partial charge in [-0.3, -0.25) is 24.0 Å². The van der Waals surface area contributed by atoms with Gasteiger partial charge in [0, 0.05) is 26.2 Å². The molecule has 6 N–H and O–H groups in total. The molecule has 4 saturated carbocycles. The standard InChI is InChI=1S/C17H23FO2.C17H24O3.C16H20O3.C10H17FO2.C4H8O.CH2Cl2.CH4O.CH4.CH3.BrH.Mg.H3N2O.Na/c1-17(2,18)15-10-8-14(9-11-15)16(19)20-12-13-6-4-3-5-7-13;1-17(2,19)15-10-8-14(9-11-15)16(18)20-12-13-6-4-3-5-7-13;1-12(17)14-7-9-15(10-8-14)16(18)19-11-13-5-3-2-4-6-13;1-10(2,11)8-5-3-7(4-6-8)9(12)13;1-2-4-5-3-1;2-1-3;1-2;;;;;1-2-3;/h3-7,14-15H,8-12H2,1-2H3;3-7,14-15,19H,8-12H2,1-2H3;2-6,14-15H,7-11H2,1H3;7-8H,3-6H2,1-2H3,(H,12,13);1-4H2;1H2;2H,1H3;1H4;1H3;1H;;3H,1H2;/q;;;;;;;;-1;;+2;-1;+1/p-1. The Kier molecular flexibility index (Phi) is 58.7. The van der Waals surface area contributed by atoms with Crippen LogP contribution in [0.15, 0.2) is 91.0 Å². The van der Waals surface area contributed by atoms with Crippen molar-refractivity contribution in [3.8, 4) is 0 Å². The minimum Gasteiger partial charge on any atom is -1.00 e. The van der Waals surface area contributed by atoms with Crippen LogP contribution < -0.4 is 52.4 Å². The third kappa shape index (κ3) is 42.9. The third-order valence-corrected chi connectivity index (χ3v) is 16.3. The fraction of sp³-hybridized carbons (Fsp3) is 0.647. The Bertz CT molecular complexity index is 2150. The molecular formula is C68H108BrCl2F2MgN2NaO13. The predicted octanol–water partition coefficient (Wildman–Crippen LogP) is 9.51. The van der Waals surface area contributed by atoms with Crippen LogP contribution in [0.1, 0.15) is 188 Å². The van der Waals surface area contributed by atoms with Crippen molar-refractivity contribution in [1.29, 1.82) is 0 Å². The summed E-state index contributed by atoms with van der Waals surface area (Å²) in [5.41, 5.74) is 2.10. The van der Waals surface area contributed by atoms with Gasteiger partial charge >= 0.3 is 76.5 Å². The molecule has 1 heterocycles. The molecule has 1 aliphatic heterocycles. The Hall–Kier alpha value is -2.34. The summed E-state index contributed by atoms with van der Waals surface area (Å²) in [5, 5.41) is 32.9. The number of hydrogen-bond donors (Lipinski definition) is 5. The first-order chi connectivity index (χ1) is 40.3. The summed E-state index contributed by atoms with van der Waals surface area (Å²) in [4.78, 5) is 57.9. The van der Waals surface area contributed by atoms with Gasteiger partial charge in [-0.15, -0.1) is 23.2 Å². The maximum atomic E-state index is 13.9. The fourth-order valence-corrected chi connectivity index (χ4v) is 10.9. The van der Waals surface area contributed by atoms with Crippen molar-refractivity contribution >= 4 is 75.9 Å². The zero-order valence-electron chi connectivity index (χ0n) is 54.8. The normalized spacial score (nSPS) is 21.3. The number of carbonyl (C=O) groups is 5. The van der Waals surface area contributed by atoms with Gasteiger partial charge in [-0.25, -0.2) is 8.78 Å². The van der Waals surface area contributed by atoms with E-state index >= 15 is 0 Å². The van der Waals surface area contributed by atoms with Gasteiger partial charge in [0.1, 0.15) is 36.9 Å². The third-order valence-electron chi connectivity index (χ3n) is 16.3. The number of nitrogens with two attached hydrogens (primary N) is 1. The maximum Gasteiger partial charge on any atom is 2.00 e. The van der Waals surface area contributed by atoms with Crippen LogP contribution >= 0.6 is 23.2 Å². The van der Waals surface area contributed by atoms with Crippen molar-refractivity contribution in [2.45, 2.75) is 208 Å². The second-order valence-electron chi connectivity index (χ2n) is 23.7. The monoisotopic (exact) mass is 1390 g/mol. The van der Waals surface area contributed by atoms with E-state index < -0.39 is 22.9 Å². The van der Waals surface area contributed by atoms with E-state index in [0.29, 0.717) is 51.4 Å². The molecular weight excluding hydrogens is 1290 g/mol. The second kappa shape index (κ2) is 54.9. The molecule has 4 aliphatic carbocycles. The first-order valence-electron chi connectivity index (χ1n) is 30.0. The molecule has 0 atom stereocenters. The smallest absolute Gasteiger partial charge is 1.00 e. The van der Waals surface area contributed by atoms with E-state index in [0.717, 1.165) is 114 Å². The second-order valence-corrected chi connectivity index (χ2v) is 24.5. The molecule has 1 saturated heterocycles. The Morgan fingerprint density at radius 1 is 0.544 bits per heavy atom. The first-order valence-corrected chi connectivity index (χ1v) is 31.0. The van der Waals surface area contributed by atoms with Crippen molar-refractivity contribution < 1.29 is 119 Å². The number of Topliss-reactive ketones (excluding diaryl/α,β-unsaturated/α-hetero) is 1. The van der Waals surface area contributed by atoms with Gasteiger partial charge in [0.25, 0.3) is 0 Å². The molecule has 5 aliphatic rings. The summed E-state index contributed by atoms with van der Waals surface area (Å²) in [6.07, 6.45) is 14.9. The minimum atomic E-state index is -1.15. The number of aliphatic hydroxyl groups is 2. The van der Waals surface area contributed by atoms with Crippen molar-refractivity contribution in [1.82, 2.24) is 0 Å². The fourth-order valence-electron chi connectivity index (χ4n) is 10.9. The van der Waals surface area contributed by atoms with Crippen LogP contribution in [0, 0.1) is 54.8 Å². The summed E-state index contributed by atoms with van der Waals surface area (Å²) in [5.74, 6) is 3.43. The number of alkyl halides is 4. The zero-order valence-corrected chi connectivity index (χ0v) is 61.3. The number of aliphatic carboxylic acids is 1. The van der Waals surface area contributed by atoms with Crippen molar-refractivity contribution in [2.24, 2.45) is 53.2 Å². The molecule has 0 unspecified atom stereocenters. The number of hydrogen-bond acceptors (Lipinski definition) is 13. The number of halogens is 5. The Balaban J connectivity index is -0.000000331. The number of ketones is 1. The van der Waals surface area contributed by atoms with Gasteiger partial charge in [0.2, 0.25) is 0 Å². The van der Waals surface area contributed by atoms with E-state index in [2.05, 4.69) is 5.84 Å². The quantitative estimate of drug-likeness (QED) is 0.0192. The van der Waals surface area contributed by atoms with Crippen LogP contribution in [-0.4, -0.2) is 116 Å². The maximum absolute atomic E-state index is 13.9. The molecule has 0 radical (unpaired) electrons. The molecule has 0 spiro atoms. The van der Waals surface area contributed by atoms with Crippen LogP contribution in [0.5, 0.6) is 0 Å². The van der Waals surface area contributed by atoms with E-state index in [9.17, 15) is 37.9 Å². The number of carbonyl (C=O) groups excluding carboxylic acids is 4. The number of rotatable bonds is 14. The molecule has 3 aromatic carbocycles. The molecule has 8 rings (SSSR count). The van der Waals surface area contributed by atoms with Gasteiger partial charge in [0.05, 0.1) is 34.6 Å². The SMILES string of the molecule is C.C1CCOC1.CC(=O)C1CCC(C(=O)OCc2ccccc2)CC1.CC(C)(F)C1CCC(C(=O)O)CC1.CC(C)(F)C1CCC(C(=O)OCc2ccccc2)CC1.CC(C)(O)C1CCC(C(=O)OCc2ccccc2)CC1.CO.ClCCl.N[N-]O.[Br-].[CH3-].[Mg+2].[Na+]. The van der Waals surface area contributed by atoms with E-state index in [1.54, 1.807) is 34.6 Å². The van der Waals surface area contributed by atoms with Crippen LogP contribution in [0.4, 0.5) is 8.78 Å². The van der Waals surface area contributed by atoms with E-state index in [1.807, 2.05) is 110 Å². The summed E-state index contributed by atoms with van der Waals surface area (Å²) >= 11 is 9.53. The number of ether oxygens (including phenoxy) is 4. The number of nitrogens with zero attached hydrogens (tertiary/aromatic N) is 1. The van der Waals surface area contributed by atoms with Crippen LogP contribution in [-0.2, 0) is 62.7 Å². The average Bonchev–Trinajstić information content (AvgIpc) is 2.72. The molecule has 15 nitrogen and oxygen atoms in total. The summed E-state index contributed by atoms with van der Waals surface area (Å²) in [6.45, 7) is 14.8. The first kappa shape index (κ1) is 96.3. The molecule has 22 heteroatoms. The summed E-state index contributed by atoms with van der Waals surface area (Å²) < 4.78 is 48.3. The topological polar surface area (TPSA) is 243 Å². The number of carboxylic acid groups (broad SMARTS) is 1. The van der Waals surface area contributed by atoms with Gasteiger partial charge < -0.3 is 75.3 Å². The van der Waals surface area contributed by atoms with Crippen molar-refractivity contribution in [2.75, 3.05) is 25.7 Å². The number of carboxylic acids is 1. The van der Waals surface area contributed by atoms with Crippen molar-refractivity contribution in [3.63, 3.8) is 0 Å². The Morgan fingerprint density at radius 3 is 0.989 bits per heavy atom.